The fourth-order valence-corrected chi connectivity index (χ4v) is 2.86. The van der Waals surface area contributed by atoms with Crippen molar-refractivity contribution in [3.8, 4) is 0 Å². The van der Waals surface area contributed by atoms with E-state index in [1.54, 1.807) is 6.07 Å². The van der Waals surface area contributed by atoms with Gasteiger partial charge in [-0.05, 0) is 36.8 Å². The van der Waals surface area contributed by atoms with Crippen LogP contribution >= 0.6 is 11.8 Å². The van der Waals surface area contributed by atoms with Crippen LogP contribution in [-0.4, -0.2) is 24.8 Å². The van der Waals surface area contributed by atoms with Gasteiger partial charge in [0.1, 0.15) is 23.2 Å². The summed E-state index contributed by atoms with van der Waals surface area (Å²) >= 11 is 0.568. The molecule has 0 amide bonds. The van der Waals surface area contributed by atoms with Crippen LogP contribution in [-0.2, 0) is 0 Å². The zero-order valence-electron chi connectivity index (χ0n) is 13.4. The molecule has 0 fully saturated rings. The van der Waals surface area contributed by atoms with Gasteiger partial charge in [-0.1, -0.05) is 12.1 Å². The van der Waals surface area contributed by atoms with Crippen molar-refractivity contribution < 1.29 is 22.0 Å². The van der Waals surface area contributed by atoms with Crippen LogP contribution in [0.25, 0.3) is 0 Å². The first-order chi connectivity index (χ1) is 11.7. The van der Waals surface area contributed by atoms with Crippen LogP contribution in [0.2, 0.25) is 0 Å². The maximum absolute atomic E-state index is 14.2. The van der Waals surface area contributed by atoms with E-state index >= 15 is 0 Å². The molecule has 2 nitrogen and oxygen atoms in total. The fraction of sp³-hybridized carbons (Fsp3) is 0.235. The molecule has 0 spiro atoms. The topological polar surface area (TPSA) is 24.4 Å². The normalized spacial score (nSPS) is 12.4. The monoisotopic (exact) mass is 374 g/mol. The van der Waals surface area contributed by atoms with Crippen LogP contribution in [0.1, 0.15) is 11.1 Å². The van der Waals surface area contributed by atoms with Crippen molar-refractivity contribution in [3.63, 3.8) is 0 Å². The molecule has 134 valence electrons. The number of hydrogen-bond donors (Lipinski definition) is 1. The highest BCUT2D eigenvalue weighted by Crippen LogP contribution is 2.33. The number of nitrogens with one attached hydrogen (secondary N) is 1. The number of halogens is 5. The summed E-state index contributed by atoms with van der Waals surface area (Å²) in [6.45, 7) is 1.53. The lowest BCUT2D eigenvalue weighted by Crippen LogP contribution is -2.19. The predicted octanol–water partition coefficient (Wildman–Crippen LogP) is 5.23. The molecule has 2 rings (SSSR count). The van der Waals surface area contributed by atoms with E-state index in [1.807, 2.05) is 0 Å². The van der Waals surface area contributed by atoms with Gasteiger partial charge in [0.2, 0.25) is 0 Å². The second-order valence-electron chi connectivity index (χ2n) is 5.19. The van der Waals surface area contributed by atoms with E-state index in [-0.39, 0.29) is 16.4 Å². The Bertz CT molecular complexity index is 787. The van der Waals surface area contributed by atoms with E-state index < -0.39 is 23.6 Å². The van der Waals surface area contributed by atoms with Gasteiger partial charge in [-0.3, -0.25) is 0 Å². The lowest BCUT2D eigenvalue weighted by Gasteiger charge is -2.11. The van der Waals surface area contributed by atoms with Gasteiger partial charge in [-0.25, -0.2) is 13.8 Å². The first-order valence-corrected chi connectivity index (χ1v) is 8.20. The second kappa shape index (κ2) is 7.86. The summed E-state index contributed by atoms with van der Waals surface area (Å²) in [5.74, 6) is -2.02. The average molecular weight is 374 g/mol. The Morgan fingerprint density at radius 2 is 1.88 bits per heavy atom. The Morgan fingerprint density at radius 1 is 1.16 bits per heavy atom. The number of amidine groups is 1. The second-order valence-corrected chi connectivity index (χ2v) is 6.21. The summed E-state index contributed by atoms with van der Waals surface area (Å²) in [5.41, 5.74) is 0.665. The van der Waals surface area contributed by atoms with Gasteiger partial charge in [0.05, 0.1) is 5.75 Å². The van der Waals surface area contributed by atoms with Crippen molar-refractivity contribution >= 4 is 23.3 Å². The first kappa shape index (κ1) is 19.2. The van der Waals surface area contributed by atoms with Gasteiger partial charge < -0.3 is 5.32 Å². The van der Waals surface area contributed by atoms with Crippen LogP contribution in [0.4, 0.5) is 27.6 Å². The predicted molar refractivity (Wildman–Crippen MR) is 89.6 cm³/mol. The van der Waals surface area contributed by atoms with Gasteiger partial charge in [0.15, 0.2) is 0 Å². The van der Waals surface area contributed by atoms with E-state index in [1.165, 1.54) is 38.2 Å². The summed E-state index contributed by atoms with van der Waals surface area (Å²) in [6.07, 6.45) is -4.33. The zero-order valence-corrected chi connectivity index (χ0v) is 14.2. The summed E-state index contributed by atoms with van der Waals surface area (Å²) in [7, 11) is 1.54. The van der Waals surface area contributed by atoms with E-state index in [0.29, 0.717) is 22.9 Å². The quantitative estimate of drug-likeness (QED) is 0.343. The SMILES string of the molecule is CN/C(=N/c1cc(SCC(F)(F)F)c(C)cc1F)c1cccc(F)c1. The molecule has 2 aromatic rings. The molecule has 25 heavy (non-hydrogen) atoms. The van der Waals surface area contributed by atoms with Crippen LogP contribution in [0, 0.1) is 18.6 Å². The number of rotatable bonds is 4. The van der Waals surface area contributed by atoms with Crippen LogP contribution in [0.5, 0.6) is 0 Å². The van der Waals surface area contributed by atoms with Crippen LogP contribution in [0.15, 0.2) is 46.3 Å². The van der Waals surface area contributed by atoms with Crippen molar-refractivity contribution in [2.24, 2.45) is 4.99 Å². The minimum Gasteiger partial charge on any atom is -0.373 e. The molecule has 2 aromatic carbocycles. The summed E-state index contributed by atoms with van der Waals surface area (Å²) in [6, 6.07) is 7.95. The number of nitrogens with zero attached hydrogens (tertiary/aromatic N) is 1. The van der Waals surface area contributed by atoms with Crippen molar-refractivity contribution in [3.05, 3.63) is 59.2 Å². The average Bonchev–Trinajstić information content (AvgIpc) is 2.52. The number of hydrogen-bond acceptors (Lipinski definition) is 2. The van der Waals surface area contributed by atoms with Crippen LogP contribution in [0.3, 0.4) is 0 Å². The molecular weight excluding hydrogens is 359 g/mol. The summed E-state index contributed by atoms with van der Waals surface area (Å²) in [4.78, 5) is 4.39. The largest absolute Gasteiger partial charge is 0.398 e. The minimum atomic E-state index is -4.33. The number of aliphatic imine (C=N–C) groups is 1. The van der Waals surface area contributed by atoms with Crippen molar-refractivity contribution in [1.82, 2.24) is 5.32 Å². The highest BCUT2D eigenvalue weighted by molar-refractivity contribution is 7.99. The maximum Gasteiger partial charge on any atom is 0.398 e. The molecule has 8 heteroatoms. The first-order valence-electron chi connectivity index (χ1n) is 7.21. The molecule has 0 unspecified atom stereocenters. The van der Waals surface area contributed by atoms with Gasteiger partial charge in [-0.15, -0.1) is 11.8 Å². The standard InChI is InChI=1S/C17H15F5N2S/c1-10-6-13(19)14(8-15(10)25-9-17(20,21)22)24-16(23-2)11-4-3-5-12(18)7-11/h3-8H,9H2,1-2H3,(H,23,24). The highest BCUT2D eigenvalue weighted by atomic mass is 32.2. The Balaban J connectivity index is 2.40. The van der Waals surface area contributed by atoms with Crippen molar-refractivity contribution in [2.75, 3.05) is 12.8 Å². The van der Waals surface area contributed by atoms with Gasteiger partial charge in [0, 0.05) is 17.5 Å². The van der Waals surface area contributed by atoms with E-state index in [9.17, 15) is 22.0 Å². The molecule has 0 heterocycles. The number of aryl methyl sites for hydroxylation is 1. The molecular formula is C17H15F5N2S. The van der Waals surface area contributed by atoms with Crippen molar-refractivity contribution in [1.29, 1.82) is 0 Å². The van der Waals surface area contributed by atoms with Gasteiger partial charge in [-0.2, -0.15) is 13.2 Å². The molecule has 0 saturated heterocycles. The van der Waals surface area contributed by atoms with Gasteiger partial charge >= 0.3 is 6.18 Å². The molecule has 1 N–H and O–H groups in total. The Morgan fingerprint density at radius 3 is 2.48 bits per heavy atom. The molecule has 0 aliphatic carbocycles. The number of benzene rings is 2. The lowest BCUT2D eigenvalue weighted by atomic mass is 10.2. The third kappa shape index (κ3) is 5.45. The Labute approximate surface area is 146 Å². The molecule has 0 aromatic heterocycles. The smallest absolute Gasteiger partial charge is 0.373 e. The van der Waals surface area contributed by atoms with Gasteiger partial charge in [0.25, 0.3) is 0 Å². The zero-order chi connectivity index (χ0) is 18.6. The Hall–Kier alpha value is -2.09. The summed E-state index contributed by atoms with van der Waals surface area (Å²) < 4.78 is 64.7. The summed E-state index contributed by atoms with van der Waals surface area (Å²) in [5, 5.41) is 2.74. The van der Waals surface area contributed by atoms with E-state index in [0.717, 1.165) is 6.07 Å². The third-order valence-corrected chi connectivity index (χ3v) is 4.43. The lowest BCUT2D eigenvalue weighted by molar-refractivity contribution is -0.105. The highest BCUT2D eigenvalue weighted by Gasteiger charge is 2.27. The minimum absolute atomic E-state index is 0.121. The van der Waals surface area contributed by atoms with E-state index in [2.05, 4.69) is 10.3 Å². The van der Waals surface area contributed by atoms with Crippen molar-refractivity contribution in [2.45, 2.75) is 18.0 Å². The van der Waals surface area contributed by atoms with Crippen LogP contribution < -0.4 is 5.32 Å². The number of alkyl halides is 3. The molecule has 0 aliphatic heterocycles. The molecule has 0 radical (unpaired) electrons. The maximum atomic E-state index is 14.2. The fourth-order valence-electron chi connectivity index (χ4n) is 2.06. The Kier molecular flexibility index (Phi) is 6.05. The third-order valence-electron chi connectivity index (χ3n) is 3.20. The van der Waals surface area contributed by atoms with E-state index in [4.69, 9.17) is 0 Å². The molecule has 0 aliphatic rings. The molecule has 0 atom stereocenters. The number of thioether (sulfide) groups is 1. The molecule has 0 bridgehead atoms. The molecule has 0 saturated carbocycles.